The minimum atomic E-state index is -0.801. The van der Waals surface area contributed by atoms with Gasteiger partial charge in [0.2, 0.25) is 5.91 Å². The summed E-state index contributed by atoms with van der Waals surface area (Å²) < 4.78 is 38.2. The summed E-state index contributed by atoms with van der Waals surface area (Å²) in [5.74, 6) is -1.70. The molecule has 8 nitrogen and oxygen atoms in total. The first-order valence-electron chi connectivity index (χ1n) is 13.6. The molecule has 0 fully saturated rings. The van der Waals surface area contributed by atoms with Crippen LogP contribution in [0.2, 0.25) is 0 Å². The summed E-state index contributed by atoms with van der Waals surface area (Å²) in [6, 6.07) is 7.19. The third-order valence-electron chi connectivity index (χ3n) is 7.28. The summed E-state index contributed by atoms with van der Waals surface area (Å²) in [5, 5.41) is 6.70. The van der Waals surface area contributed by atoms with Crippen LogP contribution in [0, 0.1) is 11.6 Å². The molecule has 1 aliphatic rings. The molecule has 0 aliphatic carbocycles. The van der Waals surface area contributed by atoms with Crippen LogP contribution in [0.1, 0.15) is 25.1 Å². The van der Waals surface area contributed by atoms with Gasteiger partial charge in [0.05, 0.1) is 29.3 Å². The topological polar surface area (TPSA) is 90.2 Å². The summed E-state index contributed by atoms with van der Waals surface area (Å²) in [6.45, 7) is 8.01. The number of thiophene rings is 1. The second kappa shape index (κ2) is 11.1. The highest BCUT2D eigenvalue weighted by atomic mass is 32.1. The standard InChI is InChI=1S/C32H27F2N5O3S/c1-5-26(40)39-8-6-24-20(16-39)10-18(14-35-24)31-29(28-23(34)12-21(33)13-25(28)42-17(2)3)32-22(7-9-43-32)30(37-31)19-11-27(41)38(4)36-15-19/h5,7,9-15,17H,1,6,8,16H2,2-4H3. The van der Waals surface area contributed by atoms with E-state index in [9.17, 15) is 14.0 Å². The van der Waals surface area contributed by atoms with Crippen LogP contribution >= 0.6 is 11.3 Å². The average molecular weight is 600 g/mol. The highest BCUT2D eigenvalue weighted by Gasteiger charge is 2.27. The third-order valence-corrected chi connectivity index (χ3v) is 8.21. The predicted octanol–water partition coefficient (Wildman–Crippen LogP) is 5.92. The van der Waals surface area contributed by atoms with E-state index in [0.717, 1.165) is 17.3 Å². The molecule has 1 aromatic carbocycles. The molecule has 1 aliphatic heterocycles. The van der Waals surface area contributed by atoms with Crippen molar-refractivity contribution in [1.82, 2.24) is 24.6 Å². The minimum absolute atomic E-state index is 0.0434. The molecule has 0 saturated heterocycles. The van der Waals surface area contributed by atoms with Gasteiger partial charge in [-0.2, -0.15) is 5.10 Å². The Bertz CT molecular complexity index is 1980. The van der Waals surface area contributed by atoms with Gasteiger partial charge in [-0.15, -0.1) is 11.3 Å². The lowest BCUT2D eigenvalue weighted by Gasteiger charge is -2.27. The molecule has 4 aromatic heterocycles. The Balaban J connectivity index is 1.67. The monoisotopic (exact) mass is 599 g/mol. The molecule has 0 unspecified atom stereocenters. The second-order valence-electron chi connectivity index (χ2n) is 10.5. The zero-order valence-corrected chi connectivity index (χ0v) is 24.5. The van der Waals surface area contributed by atoms with Crippen LogP contribution in [0.3, 0.4) is 0 Å². The van der Waals surface area contributed by atoms with E-state index in [4.69, 9.17) is 14.7 Å². The largest absolute Gasteiger partial charge is 0.490 e. The van der Waals surface area contributed by atoms with Crippen molar-refractivity contribution in [3.8, 4) is 39.4 Å². The first kappa shape index (κ1) is 28.4. The zero-order chi connectivity index (χ0) is 30.4. The molecular weight excluding hydrogens is 572 g/mol. The molecule has 0 atom stereocenters. The molecule has 43 heavy (non-hydrogen) atoms. The smallest absolute Gasteiger partial charge is 0.267 e. The number of hydrogen-bond acceptors (Lipinski definition) is 7. The van der Waals surface area contributed by atoms with Crippen LogP contribution in [-0.4, -0.2) is 43.2 Å². The van der Waals surface area contributed by atoms with Crippen LogP contribution in [0.4, 0.5) is 8.78 Å². The number of benzene rings is 1. The molecule has 0 bridgehead atoms. The van der Waals surface area contributed by atoms with E-state index in [1.165, 1.54) is 34.2 Å². The van der Waals surface area contributed by atoms with Gasteiger partial charge < -0.3 is 9.64 Å². The van der Waals surface area contributed by atoms with Crippen molar-refractivity contribution in [1.29, 1.82) is 0 Å². The average Bonchev–Trinajstić information content (AvgIpc) is 3.47. The number of ether oxygens (including phenoxy) is 1. The van der Waals surface area contributed by atoms with Crippen molar-refractivity contribution in [2.24, 2.45) is 7.05 Å². The molecule has 0 N–H and O–H groups in total. The maximum absolute atomic E-state index is 15.9. The van der Waals surface area contributed by atoms with Crippen LogP contribution in [-0.2, 0) is 24.8 Å². The Hall–Kier alpha value is -4.77. The van der Waals surface area contributed by atoms with Crippen molar-refractivity contribution in [3.05, 3.63) is 94.0 Å². The number of hydrogen-bond donors (Lipinski definition) is 0. The molecule has 11 heteroatoms. The molecule has 5 aromatic rings. The van der Waals surface area contributed by atoms with E-state index < -0.39 is 11.6 Å². The van der Waals surface area contributed by atoms with Crippen molar-refractivity contribution < 1.29 is 18.3 Å². The van der Waals surface area contributed by atoms with E-state index in [1.54, 1.807) is 38.2 Å². The SMILES string of the molecule is C=CC(=O)N1CCc2ncc(-c3nc(-c4cnn(C)c(=O)c4)c4ccsc4c3-c3c(F)cc(F)cc3OC(C)C)cc2C1. The van der Waals surface area contributed by atoms with Gasteiger partial charge in [-0.1, -0.05) is 6.58 Å². The molecular formula is C32H27F2N5O3S. The van der Waals surface area contributed by atoms with Crippen molar-refractivity contribution >= 4 is 27.3 Å². The van der Waals surface area contributed by atoms with Crippen LogP contribution in [0.5, 0.6) is 5.75 Å². The van der Waals surface area contributed by atoms with Gasteiger partial charge in [-0.25, -0.2) is 18.4 Å². The van der Waals surface area contributed by atoms with Crippen molar-refractivity contribution in [3.63, 3.8) is 0 Å². The van der Waals surface area contributed by atoms with E-state index in [2.05, 4.69) is 11.7 Å². The fourth-order valence-electron chi connectivity index (χ4n) is 5.30. The lowest BCUT2D eigenvalue weighted by molar-refractivity contribution is -0.126. The Labute approximate surface area is 249 Å². The lowest BCUT2D eigenvalue weighted by Crippen LogP contribution is -2.35. The minimum Gasteiger partial charge on any atom is -0.490 e. The number of carbonyl (C=O) groups is 1. The van der Waals surface area contributed by atoms with E-state index in [-0.39, 0.29) is 28.9 Å². The van der Waals surface area contributed by atoms with Gasteiger partial charge in [0.25, 0.3) is 5.56 Å². The first-order chi connectivity index (χ1) is 20.6. The molecule has 6 rings (SSSR count). The van der Waals surface area contributed by atoms with Gasteiger partial charge in [0.15, 0.2) is 0 Å². The Morgan fingerprint density at radius 3 is 2.65 bits per heavy atom. The predicted molar refractivity (Wildman–Crippen MR) is 162 cm³/mol. The van der Waals surface area contributed by atoms with Gasteiger partial charge >= 0.3 is 0 Å². The maximum Gasteiger partial charge on any atom is 0.267 e. The van der Waals surface area contributed by atoms with Crippen molar-refractivity contribution in [2.45, 2.75) is 32.9 Å². The summed E-state index contributed by atoms with van der Waals surface area (Å²) in [7, 11) is 1.56. The lowest BCUT2D eigenvalue weighted by atomic mass is 9.94. The fraction of sp³-hybridized carbons (Fsp3) is 0.219. The number of fused-ring (bicyclic) bond motifs is 2. The molecule has 218 valence electrons. The summed E-state index contributed by atoms with van der Waals surface area (Å²) in [6.07, 6.45) is 4.72. The summed E-state index contributed by atoms with van der Waals surface area (Å²) >= 11 is 1.37. The number of rotatable bonds is 6. The molecule has 0 saturated carbocycles. The number of nitrogens with zero attached hydrogens (tertiary/aromatic N) is 5. The van der Waals surface area contributed by atoms with Crippen molar-refractivity contribution in [2.75, 3.05) is 6.54 Å². The van der Waals surface area contributed by atoms with E-state index >= 15 is 4.39 Å². The van der Waals surface area contributed by atoms with Gasteiger partial charge in [0, 0.05) is 83.4 Å². The number of aromatic nitrogens is 4. The maximum atomic E-state index is 15.9. The van der Waals surface area contributed by atoms with Crippen LogP contribution < -0.4 is 10.3 Å². The molecule has 0 spiro atoms. The van der Waals surface area contributed by atoms with Crippen LogP contribution in [0.25, 0.3) is 43.7 Å². The number of aryl methyl sites for hydroxylation is 1. The Morgan fingerprint density at radius 1 is 1.12 bits per heavy atom. The zero-order valence-electron chi connectivity index (χ0n) is 23.7. The number of amides is 1. The number of halogens is 2. The van der Waals surface area contributed by atoms with Gasteiger partial charge in [0.1, 0.15) is 17.4 Å². The molecule has 0 radical (unpaired) electrons. The van der Waals surface area contributed by atoms with Gasteiger partial charge in [-0.05, 0) is 43.0 Å². The van der Waals surface area contributed by atoms with E-state index in [0.29, 0.717) is 57.7 Å². The quantitative estimate of drug-likeness (QED) is 0.225. The Morgan fingerprint density at radius 2 is 1.91 bits per heavy atom. The normalized spacial score (nSPS) is 12.9. The van der Waals surface area contributed by atoms with Gasteiger partial charge in [-0.3, -0.25) is 14.6 Å². The highest BCUT2D eigenvalue weighted by molar-refractivity contribution is 7.18. The Kier molecular flexibility index (Phi) is 7.35. The van der Waals surface area contributed by atoms with E-state index in [1.807, 2.05) is 17.5 Å². The van der Waals surface area contributed by atoms with Crippen LogP contribution in [0.15, 0.2) is 65.6 Å². The second-order valence-corrected chi connectivity index (χ2v) is 11.4. The molecule has 5 heterocycles. The number of carbonyl (C=O) groups excluding carboxylic acids is 1. The summed E-state index contributed by atoms with van der Waals surface area (Å²) in [4.78, 5) is 36.4. The summed E-state index contributed by atoms with van der Waals surface area (Å²) in [5.41, 5.74) is 3.75. The fourth-order valence-corrected chi connectivity index (χ4v) is 6.25. The molecule has 1 amide bonds. The first-order valence-corrected chi connectivity index (χ1v) is 14.5. The number of pyridine rings is 2. The third kappa shape index (κ3) is 5.20. The highest BCUT2D eigenvalue weighted by Crippen LogP contribution is 2.47.